The molecular weight excluding hydrogens is 245 g/mol. The number of hydrogen-bond donors (Lipinski definition) is 0. The van der Waals surface area contributed by atoms with E-state index in [1.165, 1.54) is 0 Å². The van der Waals surface area contributed by atoms with Gasteiger partial charge in [0.05, 0.1) is 17.4 Å². The fourth-order valence-electron chi connectivity index (χ4n) is 1.42. The molecule has 1 saturated heterocycles. The highest BCUT2D eigenvalue weighted by atomic mass is 35.5. The Morgan fingerprint density at radius 3 is 2.24 bits per heavy atom. The second kappa shape index (κ2) is 3.90. The summed E-state index contributed by atoms with van der Waals surface area (Å²) in [4.78, 5) is 7.65. The Kier molecular flexibility index (Phi) is 2.92. The third kappa shape index (κ3) is 2.17. The molecule has 1 aromatic rings. The third-order valence-electron chi connectivity index (χ3n) is 3.18. The van der Waals surface area contributed by atoms with E-state index < -0.39 is 24.1 Å². The second-order valence-electron chi connectivity index (χ2n) is 4.96. The van der Waals surface area contributed by atoms with E-state index in [-0.39, 0.29) is 10.9 Å². The summed E-state index contributed by atoms with van der Waals surface area (Å²) in [6.07, 6.45) is 1.01. The van der Waals surface area contributed by atoms with E-state index >= 15 is 0 Å². The van der Waals surface area contributed by atoms with E-state index in [9.17, 15) is 4.39 Å². The van der Waals surface area contributed by atoms with Crippen molar-refractivity contribution in [2.45, 2.75) is 38.9 Å². The van der Waals surface area contributed by atoms with E-state index in [0.29, 0.717) is 0 Å². The van der Waals surface area contributed by atoms with E-state index in [0.717, 1.165) is 6.20 Å². The van der Waals surface area contributed by atoms with E-state index in [2.05, 4.69) is 9.97 Å². The standard InChI is InChI=1S/C10H13BClFN2O2/c1-9(2)10(3,4)17-11(16-9)8-14-5-6(13)7(12)15-8/h5H,1-4H3. The second-order valence-corrected chi connectivity index (χ2v) is 5.31. The van der Waals surface area contributed by atoms with Gasteiger partial charge < -0.3 is 9.31 Å². The van der Waals surface area contributed by atoms with Crippen molar-refractivity contribution < 1.29 is 13.7 Å². The lowest BCUT2D eigenvalue weighted by Crippen LogP contribution is -2.41. The molecule has 1 aromatic heterocycles. The van der Waals surface area contributed by atoms with Crippen LogP contribution in [0.4, 0.5) is 4.39 Å². The maximum Gasteiger partial charge on any atom is 0.534 e. The van der Waals surface area contributed by atoms with Crippen molar-refractivity contribution >= 4 is 24.4 Å². The third-order valence-corrected chi connectivity index (χ3v) is 3.45. The molecule has 1 fully saturated rings. The summed E-state index contributed by atoms with van der Waals surface area (Å²) in [6, 6.07) is 0. The first-order valence-electron chi connectivity index (χ1n) is 5.26. The lowest BCUT2D eigenvalue weighted by molar-refractivity contribution is 0.00578. The van der Waals surface area contributed by atoms with Gasteiger partial charge in [-0.15, -0.1) is 0 Å². The molecule has 2 heterocycles. The Morgan fingerprint density at radius 2 is 1.76 bits per heavy atom. The van der Waals surface area contributed by atoms with Gasteiger partial charge >= 0.3 is 7.12 Å². The Hall–Kier alpha value is -0.715. The monoisotopic (exact) mass is 258 g/mol. The van der Waals surface area contributed by atoms with Crippen molar-refractivity contribution in [2.75, 3.05) is 0 Å². The zero-order valence-corrected chi connectivity index (χ0v) is 10.9. The highest BCUT2D eigenvalue weighted by Crippen LogP contribution is 2.36. The van der Waals surface area contributed by atoms with Crippen molar-refractivity contribution in [1.29, 1.82) is 0 Å². The summed E-state index contributed by atoms with van der Waals surface area (Å²) in [5, 5.41) is -0.232. The first kappa shape index (κ1) is 12.7. The van der Waals surface area contributed by atoms with Crippen LogP contribution in [-0.4, -0.2) is 28.3 Å². The molecule has 2 rings (SSSR count). The number of hydrogen-bond acceptors (Lipinski definition) is 4. The van der Waals surface area contributed by atoms with Gasteiger partial charge in [0.2, 0.25) is 0 Å². The fraction of sp³-hybridized carbons (Fsp3) is 0.600. The molecule has 0 atom stereocenters. The minimum atomic E-state index is -0.724. The van der Waals surface area contributed by atoms with Crippen LogP contribution in [0.3, 0.4) is 0 Å². The molecule has 92 valence electrons. The first-order chi connectivity index (χ1) is 7.73. The van der Waals surface area contributed by atoms with Crippen molar-refractivity contribution in [3.63, 3.8) is 0 Å². The number of rotatable bonds is 1. The largest absolute Gasteiger partial charge is 0.534 e. The molecule has 0 unspecified atom stereocenters. The number of halogens is 2. The average molecular weight is 258 g/mol. The van der Waals surface area contributed by atoms with E-state index in [4.69, 9.17) is 20.9 Å². The van der Waals surface area contributed by atoms with Gasteiger partial charge in [0.1, 0.15) is 0 Å². The van der Waals surface area contributed by atoms with Crippen LogP contribution >= 0.6 is 11.6 Å². The first-order valence-corrected chi connectivity index (χ1v) is 5.64. The topological polar surface area (TPSA) is 44.2 Å². The van der Waals surface area contributed by atoms with Gasteiger partial charge in [0.15, 0.2) is 16.7 Å². The quantitative estimate of drug-likeness (QED) is 0.566. The maximum absolute atomic E-state index is 13.0. The predicted octanol–water partition coefficient (Wildman–Crippen LogP) is 1.57. The molecule has 0 bridgehead atoms. The Balaban J connectivity index is 2.29. The van der Waals surface area contributed by atoms with Crippen LogP contribution in [0, 0.1) is 5.82 Å². The fourth-order valence-corrected chi connectivity index (χ4v) is 1.56. The molecule has 1 aliphatic heterocycles. The van der Waals surface area contributed by atoms with Crippen molar-refractivity contribution in [3.05, 3.63) is 17.2 Å². The molecule has 0 spiro atoms. The van der Waals surface area contributed by atoms with Crippen LogP contribution in [0.1, 0.15) is 27.7 Å². The van der Waals surface area contributed by atoms with Gasteiger partial charge in [-0.2, -0.15) is 0 Å². The van der Waals surface area contributed by atoms with Gasteiger partial charge in [-0.25, -0.2) is 14.4 Å². The number of aromatic nitrogens is 2. The summed E-state index contributed by atoms with van der Waals surface area (Å²) in [6.45, 7) is 7.66. The normalized spacial score (nSPS) is 21.9. The molecule has 0 radical (unpaired) electrons. The molecule has 0 saturated carbocycles. The summed E-state index contributed by atoms with van der Waals surface area (Å²) in [5.74, 6) is -0.660. The number of nitrogens with zero attached hydrogens (tertiary/aromatic N) is 2. The summed E-state index contributed by atoms with van der Waals surface area (Å²) in [5.41, 5.74) is -0.737. The Bertz CT molecular complexity index is 440. The lowest BCUT2D eigenvalue weighted by Gasteiger charge is -2.32. The molecule has 4 nitrogen and oxygen atoms in total. The van der Waals surface area contributed by atoms with Crippen LogP contribution in [0.25, 0.3) is 0 Å². The van der Waals surface area contributed by atoms with Crippen LogP contribution in [-0.2, 0) is 9.31 Å². The minimum absolute atomic E-state index is 0.232. The van der Waals surface area contributed by atoms with Crippen LogP contribution in [0.2, 0.25) is 5.15 Å². The molecular formula is C10H13BClFN2O2. The van der Waals surface area contributed by atoms with Crippen molar-refractivity contribution in [2.24, 2.45) is 0 Å². The summed E-state index contributed by atoms with van der Waals surface area (Å²) >= 11 is 5.60. The van der Waals surface area contributed by atoms with Crippen molar-refractivity contribution in [3.8, 4) is 0 Å². The van der Waals surface area contributed by atoms with E-state index in [1.807, 2.05) is 27.7 Å². The molecule has 0 aliphatic carbocycles. The Labute approximate surface area is 105 Å². The molecule has 1 aliphatic rings. The van der Waals surface area contributed by atoms with Gasteiger partial charge in [0.25, 0.3) is 0 Å². The van der Waals surface area contributed by atoms with E-state index in [1.54, 1.807) is 0 Å². The van der Waals surface area contributed by atoms with Gasteiger partial charge in [-0.05, 0) is 27.7 Å². The molecule has 7 heteroatoms. The minimum Gasteiger partial charge on any atom is -0.397 e. The average Bonchev–Trinajstić information content (AvgIpc) is 2.41. The van der Waals surface area contributed by atoms with Crippen LogP contribution in [0.15, 0.2) is 6.20 Å². The van der Waals surface area contributed by atoms with Gasteiger partial charge in [-0.1, -0.05) is 11.6 Å². The summed E-state index contributed by atoms with van der Waals surface area (Å²) < 4.78 is 24.4. The molecule has 0 amide bonds. The zero-order chi connectivity index (χ0) is 12.8. The Morgan fingerprint density at radius 1 is 1.24 bits per heavy atom. The molecule has 0 aromatic carbocycles. The van der Waals surface area contributed by atoms with Gasteiger partial charge in [-0.3, -0.25) is 0 Å². The summed E-state index contributed by atoms with van der Waals surface area (Å²) in [7, 11) is -0.724. The molecule has 0 N–H and O–H groups in total. The molecule has 17 heavy (non-hydrogen) atoms. The van der Waals surface area contributed by atoms with Crippen LogP contribution in [0.5, 0.6) is 0 Å². The van der Waals surface area contributed by atoms with Crippen LogP contribution < -0.4 is 5.72 Å². The zero-order valence-electron chi connectivity index (χ0n) is 10.1. The highest BCUT2D eigenvalue weighted by Gasteiger charge is 2.53. The lowest BCUT2D eigenvalue weighted by atomic mass is 9.89. The SMILES string of the molecule is CC1(C)OB(c2ncc(F)c(Cl)n2)OC1(C)C. The predicted molar refractivity (Wildman–Crippen MR) is 62.7 cm³/mol. The van der Waals surface area contributed by atoms with Gasteiger partial charge in [0, 0.05) is 0 Å². The maximum atomic E-state index is 13.0. The van der Waals surface area contributed by atoms with Crippen molar-refractivity contribution in [1.82, 2.24) is 9.97 Å². The smallest absolute Gasteiger partial charge is 0.397 e. The highest BCUT2D eigenvalue weighted by molar-refractivity contribution is 6.60.